The monoisotopic (exact) mass is 633 g/mol. The number of benzene rings is 3. The SMILES string of the molecule is COc1cc(/C=C2/C(=O)NC(=S)N(c3ccccc3)C2=O)cc(Br)c1OCC(=O)Nc1ccc(Cl)c(Cl)c1. The molecule has 0 radical (unpaired) electrons. The lowest BCUT2D eigenvalue weighted by molar-refractivity contribution is -0.122. The van der Waals surface area contributed by atoms with Gasteiger partial charge in [-0.25, -0.2) is 0 Å². The van der Waals surface area contributed by atoms with Crippen LogP contribution in [0.25, 0.3) is 6.08 Å². The molecule has 12 heteroatoms. The van der Waals surface area contributed by atoms with Gasteiger partial charge in [-0.3, -0.25) is 24.6 Å². The summed E-state index contributed by atoms with van der Waals surface area (Å²) in [6, 6.07) is 16.6. The van der Waals surface area contributed by atoms with Gasteiger partial charge in [-0.05, 0) is 82.3 Å². The maximum atomic E-state index is 13.2. The number of rotatable bonds is 7. The lowest BCUT2D eigenvalue weighted by Crippen LogP contribution is -2.54. The molecular weight excluding hydrogens is 617 g/mol. The van der Waals surface area contributed by atoms with Crippen molar-refractivity contribution in [2.75, 3.05) is 23.9 Å². The molecule has 3 aromatic carbocycles. The van der Waals surface area contributed by atoms with Crippen LogP contribution in [0.1, 0.15) is 5.56 Å². The number of hydrogen-bond donors (Lipinski definition) is 2. The number of hydrogen-bond acceptors (Lipinski definition) is 6. The Morgan fingerprint density at radius 2 is 1.84 bits per heavy atom. The van der Waals surface area contributed by atoms with E-state index in [1.54, 1.807) is 54.6 Å². The molecule has 0 aliphatic carbocycles. The molecule has 8 nitrogen and oxygen atoms in total. The predicted octanol–water partition coefficient (Wildman–Crippen LogP) is 5.61. The Hall–Kier alpha value is -3.44. The van der Waals surface area contributed by atoms with Crippen LogP contribution in [0.2, 0.25) is 10.0 Å². The molecule has 0 bridgehead atoms. The fourth-order valence-corrected chi connectivity index (χ4v) is 4.66. The number of ether oxygens (including phenoxy) is 2. The van der Waals surface area contributed by atoms with E-state index in [0.29, 0.717) is 31.5 Å². The number of methoxy groups -OCH3 is 1. The summed E-state index contributed by atoms with van der Waals surface area (Å²) >= 11 is 20.5. The molecular formula is C26H18BrCl2N3O5S. The largest absolute Gasteiger partial charge is 0.493 e. The minimum atomic E-state index is -0.624. The summed E-state index contributed by atoms with van der Waals surface area (Å²) in [7, 11) is 1.43. The third-order valence-electron chi connectivity index (χ3n) is 5.23. The van der Waals surface area contributed by atoms with Crippen LogP contribution in [0.3, 0.4) is 0 Å². The normalized spacial score (nSPS) is 14.4. The first kappa shape index (κ1) is 27.6. The average Bonchev–Trinajstić information content (AvgIpc) is 2.88. The Morgan fingerprint density at radius 3 is 2.53 bits per heavy atom. The lowest BCUT2D eigenvalue weighted by atomic mass is 10.1. The highest BCUT2D eigenvalue weighted by Crippen LogP contribution is 2.37. The number of nitrogens with zero attached hydrogens (tertiary/aromatic N) is 1. The second-order valence-corrected chi connectivity index (χ2v) is 9.85. The summed E-state index contributed by atoms with van der Waals surface area (Å²) in [6.45, 7) is -0.333. The van der Waals surface area contributed by atoms with Crippen LogP contribution in [0.15, 0.2) is 70.7 Å². The van der Waals surface area contributed by atoms with E-state index in [1.165, 1.54) is 24.2 Å². The van der Waals surface area contributed by atoms with E-state index in [1.807, 2.05) is 0 Å². The zero-order valence-corrected chi connectivity index (χ0v) is 23.5. The van der Waals surface area contributed by atoms with E-state index in [0.717, 1.165) is 0 Å². The van der Waals surface area contributed by atoms with Crippen LogP contribution in [0, 0.1) is 0 Å². The van der Waals surface area contributed by atoms with Crippen molar-refractivity contribution < 1.29 is 23.9 Å². The van der Waals surface area contributed by atoms with Gasteiger partial charge in [0.15, 0.2) is 23.2 Å². The van der Waals surface area contributed by atoms with Gasteiger partial charge in [0.1, 0.15) is 5.57 Å². The smallest absolute Gasteiger partial charge is 0.270 e. The molecule has 1 saturated heterocycles. The van der Waals surface area contributed by atoms with Crippen LogP contribution in [0.5, 0.6) is 11.5 Å². The molecule has 3 amide bonds. The van der Waals surface area contributed by atoms with Crippen molar-refractivity contribution in [2.24, 2.45) is 0 Å². The molecule has 0 saturated carbocycles. The number of amides is 3. The highest BCUT2D eigenvalue weighted by atomic mass is 79.9. The summed E-state index contributed by atoms with van der Waals surface area (Å²) < 4.78 is 11.6. The highest BCUT2D eigenvalue weighted by Gasteiger charge is 2.34. The summed E-state index contributed by atoms with van der Waals surface area (Å²) in [6.07, 6.45) is 1.42. The topological polar surface area (TPSA) is 97.0 Å². The van der Waals surface area contributed by atoms with E-state index in [9.17, 15) is 14.4 Å². The summed E-state index contributed by atoms with van der Waals surface area (Å²) in [5.41, 5.74) is 1.34. The van der Waals surface area contributed by atoms with Gasteiger partial charge >= 0.3 is 0 Å². The fourth-order valence-electron chi connectivity index (χ4n) is 3.51. The molecule has 1 heterocycles. The van der Waals surface area contributed by atoms with Crippen molar-refractivity contribution in [1.29, 1.82) is 0 Å². The Bertz CT molecular complexity index is 1480. The number of carbonyl (C=O) groups excluding carboxylic acids is 3. The number of anilines is 2. The van der Waals surface area contributed by atoms with E-state index in [-0.39, 0.29) is 28.8 Å². The predicted molar refractivity (Wildman–Crippen MR) is 154 cm³/mol. The first-order valence-corrected chi connectivity index (χ1v) is 12.9. The second kappa shape index (κ2) is 12.0. The summed E-state index contributed by atoms with van der Waals surface area (Å²) in [4.78, 5) is 39.5. The molecule has 0 aromatic heterocycles. The number of para-hydroxylation sites is 1. The molecule has 4 rings (SSSR count). The number of thiocarbonyl (C=S) groups is 1. The van der Waals surface area contributed by atoms with Crippen molar-refractivity contribution in [2.45, 2.75) is 0 Å². The first-order valence-electron chi connectivity index (χ1n) is 10.9. The maximum absolute atomic E-state index is 13.2. The van der Waals surface area contributed by atoms with Gasteiger partial charge in [-0.1, -0.05) is 41.4 Å². The molecule has 1 aliphatic heterocycles. The third kappa shape index (κ3) is 6.16. The van der Waals surface area contributed by atoms with Crippen molar-refractivity contribution >= 4 is 91.6 Å². The minimum absolute atomic E-state index is 0.00925. The molecule has 1 aliphatic rings. The Balaban J connectivity index is 1.54. The second-order valence-electron chi connectivity index (χ2n) is 7.79. The van der Waals surface area contributed by atoms with Gasteiger partial charge in [0.05, 0.1) is 27.3 Å². The molecule has 0 atom stereocenters. The van der Waals surface area contributed by atoms with Gasteiger partial charge in [0.25, 0.3) is 17.7 Å². The lowest BCUT2D eigenvalue weighted by Gasteiger charge is -2.28. The number of carbonyl (C=O) groups is 3. The van der Waals surface area contributed by atoms with Gasteiger partial charge < -0.3 is 14.8 Å². The zero-order chi connectivity index (χ0) is 27.4. The summed E-state index contributed by atoms with van der Waals surface area (Å²) in [5.74, 6) is -1.11. The van der Waals surface area contributed by atoms with Gasteiger partial charge in [0.2, 0.25) is 0 Å². The van der Waals surface area contributed by atoms with Gasteiger partial charge in [0, 0.05) is 5.69 Å². The van der Waals surface area contributed by atoms with Crippen molar-refractivity contribution in [3.05, 3.63) is 86.3 Å². The first-order chi connectivity index (χ1) is 18.2. The quantitative estimate of drug-likeness (QED) is 0.199. The van der Waals surface area contributed by atoms with E-state index < -0.39 is 17.7 Å². The molecule has 2 N–H and O–H groups in total. The molecule has 38 heavy (non-hydrogen) atoms. The van der Waals surface area contributed by atoms with E-state index >= 15 is 0 Å². The van der Waals surface area contributed by atoms with E-state index in [2.05, 4.69) is 26.6 Å². The highest BCUT2D eigenvalue weighted by molar-refractivity contribution is 9.10. The number of halogens is 3. The van der Waals surface area contributed by atoms with Crippen LogP contribution in [-0.2, 0) is 14.4 Å². The van der Waals surface area contributed by atoms with Crippen molar-refractivity contribution in [3.8, 4) is 11.5 Å². The van der Waals surface area contributed by atoms with Gasteiger partial charge in [-0.15, -0.1) is 0 Å². The minimum Gasteiger partial charge on any atom is -0.493 e. The van der Waals surface area contributed by atoms with Crippen LogP contribution < -0.4 is 25.0 Å². The Kier molecular flexibility index (Phi) is 8.68. The van der Waals surface area contributed by atoms with Crippen molar-refractivity contribution in [3.63, 3.8) is 0 Å². The standard InChI is InChI=1S/C26H18BrCl2N3O5S/c1-36-21-11-14(9-17-24(34)31-26(38)32(25(17)35)16-5-3-2-4-6-16)10-18(27)23(21)37-13-22(33)30-15-7-8-19(28)20(29)12-15/h2-12H,13H2,1H3,(H,30,33)(H,31,34,38)/b17-9-. The number of nitrogens with one attached hydrogen (secondary N) is 2. The Labute approximate surface area is 241 Å². The Morgan fingerprint density at radius 1 is 1.11 bits per heavy atom. The molecule has 0 unspecified atom stereocenters. The third-order valence-corrected chi connectivity index (χ3v) is 6.84. The molecule has 194 valence electrons. The van der Waals surface area contributed by atoms with Crippen molar-refractivity contribution in [1.82, 2.24) is 5.32 Å². The van der Waals surface area contributed by atoms with E-state index in [4.69, 9.17) is 44.9 Å². The average molecular weight is 635 g/mol. The molecule has 0 spiro atoms. The van der Waals surface area contributed by atoms with Crippen LogP contribution >= 0.6 is 51.3 Å². The molecule has 3 aromatic rings. The zero-order valence-electron chi connectivity index (χ0n) is 19.6. The fraction of sp³-hybridized carbons (Fsp3) is 0.0769. The van der Waals surface area contributed by atoms with Crippen LogP contribution in [-0.4, -0.2) is 36.6 Å². The maximum Gasteiger partial charge on any atom is 0.270 e. The summed E-state index contributed by atoms with van der Waals surface area (Å²) in [5, 5.41) is 5.87. The molecule has 1 fully saturated rings. The van der Waals surface area contributed by atoms with Gasteiger partial charge in [-0.2, -0.15) is 0 Å². The van der Waals surface area contributed by atoms with Crippen LogP contribution in [0.4, 0.5) is 11.4 Å².